The van der Waals surface area contributed by atoms with Crippen molar-refractivity contribution in [3.05, 3.63) is 47.5 Å². The van der Waals surface area contributed by atoms with Gasteiger partial charge in [-0.2, -0.15) is 0 Å². The summed E-state index contributed by atoms with van der Waals surface area (Å²) in [6.45, 7) is 9.24. The molecule has 3 aromatic rings. The molecule has 1 aromatic heterocycles. The van der Waals surface area contributed by atoms with Crippen LogP contribution in [0.1, 0.15) is 30.6 Å². The number of hydrogen-bond acceptors (Lipinski definition) is 0. The molecule has 0 aliphatic heterocycles. The molecule has 0 saturated heterocycles. The van der Waals surface area contributed by atoms with E-state index in [2.05, 4.69) is 64.1 Å². The second-order valence-corrected chi connectivity index (χ2v) is 8.09. The number of rotatable bonds is 1. The van der Waals surface area contributed by atoms with Gasteiger partial charge in [0.05, 0.1) is 0 Å². The molecule has 0 spiro atoms. The van der Waals surface area contributed by atoms with Gasteiger partial charge in [-0.25, -0.2) is 0 Å². The molecule has 1 heteroatoms. The lowest BCUT2D eigenvalue weighted by atomic mass is 10.1. The first-order valence-corrected chi connectivity index (χ1v) is 8.01. The molecule has 0 amide bonds. The zero-order valence-corrected chi connectivity index (χ0v) is 12.4. The summed E-state index contributed by atoms with van der Waals surface area (Å²) in [5.41, 5.74) is 3.64. The van der Waals surface area contributed by atoms with Crippen LogP contribution in [0.4, 0.5) is 0 Å². The number of aryl methyl sites for hydroxylation is 2. The molecule has 0 fully saturated rings. The molecule has 0 aliphatic carbocycles. The highest BCUT2D eigenvalue weighted by Gasteiger charge is 2.15. The second-order valence-electron chi connectivity index (χ2n) is 5.38. The van der Waals surface area contributed by atoms with E-state index in [1.807, 2.05) is 0 Å². The van der Waals surface area contributed by atoms with Crippen LogP contribution in [0, 0.1) is 13.8 Å². The van der Waals surface area contributed by atoms with E-state index < -0.39 is 0 Å². The van der Waals surface area contributed by atoms with E-state index in [-0.39, 0.29) is 7.53 Å². The second kappa shape index (κ2) is 4.14. The molecule has 0 saturated carbocycles. The van der Waals surface area contributed by atoms with Gasteiger partial charge < -0.3 is 0 Å². The molecule has 0 aliphatic rings. The highest BCUT2D eigenvalue weighted by atomic mass is 31.1. The van der Waals surface area contributed by atoms with Crippen LogP contribution >= 0.6 is 7.53 Å². The van der Waals surface area contributed by atoms with Gasteiger partial charge >= 0.3 is 0 Å². The van der Waals surface area contributed by atoms with E-state index in [0.717, 1.165) is 0 Å². The maximum Gasteiger partial charge on any atom is 0.00581 e. The zero-order chi connectivity index (χ0) is 12.9. The van der Waals surface area contributed by atoms with Crippen LogP contribution in [0.2, 0.25) is 0 Å². The fourth-order valence-electron chi connectivity index (χ4n) is 2.90. The molecule has 3 rings (SSSR count). The molecule has 92 valence electrons. The molecule has 2 aromatic carbocycles. The Morgan fingerprint density at radius 2 is 1.61 bits per heavy atom. The van der Waals surface area contributed by atoms with Gasteiger partial charge in [0.2, 0.25) is 0 Å². The average molecular weight is 254 g/mol. The third-order valence-electron chi connectivity index (χ3n) is 3.91. The van der Waals surface area contributed by atoms with Crippen molar-refractivity contribution >= 4 is 28.5 Å². The van der Waals surface area contributed by atoms with Crippen LogP contribution in [-0.2, 0) is 0 Å². The minimum atomic E-state index is -0.173. The molecule has 18 heavy (non-hydrogen) atoms. The predicted octanol–water partition coefficient (Wildman–Crippen LogP) is 6.18. The van der Waals surface area contributed by atoms with Gasteiger partial charge in [-0.3, -0.25) is 0 Å². The van der Waals surface area contributed by atoms with Crippen molar-refractivity contribution in [1.82, 2.24) is 0 Å². The lowest BCUT2D eigenvalue weighted by Crippen LogP contribution is -1.80. The van der Waals surface area contributed by atoms with E-state index in [1.165, 1.54) is 21.9 Å². The molecule has 1 atom stereocenters. The summed E-state index contributed by atoms with van der Waals surface area (Å²) in [4.78, 5) is 0. The Bertz CT molecular complexity index is 732. The molecule has 0 nitrogen and oxygen atoms in total. The van der Waals surface area contributed by atoms with Crippen molar-refractivity contribution in [2.45, 2.75) is 33.4 Å². The lowest BCUT2D eigenvalue weighted by Gasteiger charge is -2.10. The molecule has 0 radical (unpaired) electrons. The zero-order valence-electron chi connectivity index (χ0n) is 11.5. The summed E-state index contributed by atoms with van der Waals surface area (Å²) in [7, 11) is -0.173. The third-order valence-corrected chi connectivity index (χ3v) is 6.91. The van der Waals surface area contributed by atoms with E-state index in [4.69, 9.17) is 0 Å². The van der Waals surface area contributed by atoms with Gasteiger partial charge in [-0.15, -0.1) is 7.53 Å². The summed E-state index contributed by atoms with van der Waals surface area (Å²) < 4.78 is 0. The quantitative estimate of drug-likeness (QED) is 0.486. The van der Waals surface area contributed by atoms with Gasteiger partial charge in [0.25, 0.3) is 0 Å². The normalized spacial score (nSPS) is 12.8. The van der Waals surface area contributed by atoms with Crippen LogP contribution in [0.5, 0.6) is 0 Å². The van der Waals surface area contributed by atoms with Gasteiger partial charge in [0.15, 0.2) is 0 Å². The Morgan fingerprint density at radius 1 is 0.889 bits per heavy atom. The summed E-state index contributed by atoms with van der Waals surface area (Å²) in [6.07, 6.45) is 0. The van der Waals surface area contributed by atoms with Gasteiger partial charge in [0, 0.05) is 10.2 Å². The monoisotopic (exact) mass is 254 g/mol. The highest BCUT2D eigenvalue weighted by Crippen LogP contribution is 2.56. The Morgan fingerprint density at radius 3 is 2.33 bits per heavy atom. The van der Waals surface area contributed by atoms with Crippen molar-refractivity contribution in [3.63, 3.8) is 0 Å². The van der Waals surface area contributed by atoms with E-state index in [9.17, 15) is 0 Å². The van der Waals surface area contributed by atoms with Crippen molar-refractivity contribution < 1.29 is 0 Å². The lowest BCUT2D eigenvalue weighted by molar-refractivity contribution is 1.04. The van der Waals surface area contributed by atoms with E-state index in [0.29, 0.717) is 5.66 Å². The number of fused-ring (bicyclic) bond motifs is 3. The Labute approximate surface area is 110 Å². The Balaban J connectivity index is 2.63. The minimum Gasteiger partial charge on any atom is -0.106 e. The van der Waals surface area contributed by atoms with Gasteiger partial charge in [0.1, 0.15) is 0 Å². The van der Waals surface area contributed by atoms with Crippen molar-refractivity contribution in [2.24, 2.45) is 0 Å². The van der Waals surface area contributed by atoms with Gasteiger partial charge in [-0.05, 0) is 41.4 Å². The minimum absolute atomic E-state index is 0.173. The average Bonchev–Trinajstić information content (AvgIpc) is 2.69. The van der Waals surface area contributed by atoms with E-state index >= 15 is 0 Å². The van der Waals surface area contributed by atoms with E-state index in [1.54, 1.807) is 10.2 Å². The first kappa shape index (κ1) is 11.8. The van der Waals surface area contributed by atoms with Crippen LogP contribution < -0.4 is 0 Å². The first-order valence-electron chi connectivity index (χ1n) is 6.60. The molecular formula is C17H19P. The maximum atomic E-state index is 2.36. The summed E-state index contributed by atoms with van der Waals surface area (Å²) >= 11 is 0. The Hall–Kier alpha value is -1.26. The van der Waals surface area contributed by atoms with Crippen LogP contribution in [0.15, 0.2) is 36.4 Å². The summed E-state index contributed by atoms with van der Waals surface area (Å²) in [5, 5.41) is 6.15. The fourth-order valence-corrected chi connectivity index (χ4v) is 5.90. The molecular weight excluding hydrogens is 235 g/mol. The third kappa shape index (κ3) is 1.52. The topological polar surface area (TPSA) is 0 Å². The van der Waals surface area contributed by atoms with Crippen molar-refractivity contribution in [1.29, 1.82) is 0 Å². The van der Waals surface area contributed by atoms with Crippen molar-refractivity contribution in [2.75, 3.05) is 0 Å². The van der Waals surface area contributed by atoms with Gasteiger partial charge in [-0.1, -0.05) is 50.2 Å². The molecule has 1 unspecified atom stereocenters. The first-order chi connectivity index (χ1) is 8.61. The number of benzene rings is 2. The summed E-state index contributed by atoms with van der Waals surface area (Å²) in [5.74, 6) is 0. The number of hydrogen-bond donors (Lipinski definition) is 0. The largest absolute Gasteiger partial charge is 0.106 e. The fraction of sp³-hybridized carbons (Fsp3) is 0.294. The molecule has 1 heterocycles. The molecule has 0 N–H and O–H groups in total. The predicted molar refractivity (Wildman–Crippen MR) is 84.0 cm³/mol. The van der Waals surface area contributed by atoms with Crippen molar-refractivity contribution in [3.8, 4) is 0 Å². The van der Waals surface area contributed by atoms with Crippen LogP contribution in [-0.4, -0.2) is 0 Å². The maximum absolute atomic E-state index is 2.36. The SMILES string of the molecule is Cc1ccc2c3ccccc3p(C(C)C)c2c1C. The van der Waals surface area contributed by atoms with Crippen LogP contribution in [0.25, 0.3) is 21.0 Å². The summed E-state index contributed by atoms with van der Waals surface area (Å²) in [6, 6.07) is 13.6. The molecule has 0 bridgehead atoms. The highest BCUT2D eigenvalue weighted by molar-refractivity contribution is 7.61. The standard InChI is InChI=1S/C17H19P/c1-11(2)18-16-8-6-5-7-14(16)15-10-9-12(3)13(4)17(15)18/h5-11H,1-4H3. The Kier molecular flexibility index (Phi) is 2.72. The van der Waals surface area contributed by atoms with Crippen LogP contribution in [0.3, 0.4) is 0 Å². The smallest absolute Gasteiger partial charge is 0.00581 e.